The second kappa shape index (κ2) is 8.86. The van der Waals surface area contributed by atoms with E-state index in [1.54, 1.807) is 17.0 Å². The molecule has 1 unspecified atom stereocenters. The van der Waals surface area contributed by atoms with Crippen molar-refractivity contribution in [2.24, 2.45) is 0 Å². The van der Waals surface area contributed by atoms with E-state index in [0.717, 1.165) is 24.9 Å². The quantitative estimate of drug-likeness (QED) is 0.850. The number of nitrogens with one attached hydrogen (secondary N) is 1. The zero-order chi connectivity index (χ0) is 19.2. The van der Waals surface area contributed by atoms with Crippen LogP contribution in [0.5, 0.6) is 0 Å². The van der Waals surface area contributed by atoms with Crippen LogP contribution in [-0.4, -0.2) is 48.3 Å². The smallest absolute Gasteiger partial charge is 0.290 e. The largest absolute Gasteiger partial charge is 0.459 e. The summed E-state index contributed by atoms with van der Waals surface area (Å²) in [5.41, 5.74) is 2.29. The van der Waals surface area contributed by atoms with Gasteiger partial charge in [-0.25, -0.2) is 0 Å². The summed E-state index contributed by atoms with van der Waals surface area (Å²) in [4.78, 5) is 29.3. The molecule has 1 saturated heterocycles. The third-order valence-electron chi connectivity index (χ3n) is 4.86. The second-order valence-corrected chi connectivity index (χ2v) is 7.21. The first-order valence-electron chi connectivity index (χ1n) is 9.40. The average molecular weight is 369 g/mol. The van der Waals surface area contributed by atoms with E-state index in [2.05, 4.69) is 16.3 Å². The Hall–Kier alpha value is -2.60. The number of carbonyl (C=O) groups is 2. The van der Waals surface area contributed by atoms with Crippen LogP contribution >= 0.6 is 0 Å². The molecule has 1 atom stereocenters. The highest BCUT2D eigenvalue weighted by atomic mass is 16.3. The summed E-state index contributed by atoms with van der Waals surface area (Å²) >= 11 is 0. The monoisotopic (exact) mass is 369 g/mol. The molecule has 2 amide bonds. The fourth-order valence-electron chi connectivity index (χ4n) is 3.51. The van der Waals surface area contributed by atoms with Crippen molar-refractivity contribution >= 4 is 11.8 Å². The van der Waals surface area contributed by atoms with Crippen molar-refractivity contribution < 1.29 is 14.0 Å². The Kier molecular flexibility index (Phi) is 6.29. The van der Waals surface area contributed by atoms with Gasteiger partial charge in [0.05, 0.1) is 6.26 Å². The minimum absolute atomic E-state index is 0.103. The van der Waals surface area contributed by atoms with E-state index < -0.39 is 6.04 Å². The second-order valence-electron chi connectivity index (χ2n) is 7.21. The summed E-state index contributed by atoms with van der Waals surface area (Å²) in [7, 11) is 4.05. The highest BCUT2D eigenvalue weighted by Crippen LogP contribution is 2.20. The van der Waals surface area contributed by atoms with Crippen molar-refractivity contribution in [2.45, 2.75) is 38.4 Å². The maximum Gasteiger partial charge on any atom is 0.290 e. The number of benzene rings is 1. The zero-order valence-corrected chi connectivity index (χ0v) is 16.0. The van der Waals surface area contributed by atoms with Crippen molar-refractivity contribution in [3.63, 3.8) is 0 Å². The lowest BCUT2D eigenvalue weighted by atomic mass is 10.0. The molecule has 0 bridgehead atoms. The van der Waals surface area contributed by atoms with Crippen LogP contribution in [0.1, 0.15) is 40.9 Å². The standard InChI is InChI=1S/C21H27N3O3/c1-23(2)15-17-9-4-3-8-16(17)14-22-20(25)18-10-5-6-12-24(18)21(26)19-11-7-13-27-19/h3-4,7-9,11,13,18H,5-6,10,12,14-15H2,1-2H3,(H,22,25). The highest BCUT2D eigenvalue weighted by molar-refractivity contribution is 5.95. The fraction of sp³-hybridized carbons (Fsp3) is 0.429. The van der Waals surface area contributed by atoms with Crippen molar-refractivity contribution in [2.75, 3.05) is 20.6 Å². The lowest BCUT2D eigenvalue weighted by molar-refractivity contribution is -0.126. The SMILES string of the molecule is CN(C)Cc1ccccc1CNC(=O)C1CCCCN1C(=O)c1ccco1. The van der Waals surface area contributed by atoms with Crippen molar-refractivity contribution in [1.29, 1.82) is 0 Å². The number of piperidine rings is 1. The molecule has 6 nitrogen and oxygen atoms in total. The van der Waals surface area contributed by atoms with E-state index in [1.807, 2.05) is 32.3 Å². The van der Waals surface area contributed by atoms with Gasteiger partial charge in [-0.3, -0.25) is 9.59 Å². The Balaban J connectivity index is 1.67. The van der Waals surface area contributed by atoms with Crippen molar-refractivity contribution in [3.05, 3.63) is 59.5 Å². The van der Waals surface area contributed by atoms with Crippen LogP contribution in [-0.2, 0) is 17.9 Å². The molecule has 2 aromatic rings. The van der Waals surface area contributed by atoms with Crippen LogP contribution in [0.4, 0.5) is 0 Å². The number of likely N-dealkylation sites (tertiary alicyclic amines) is 1. The summed E-state index contributed by atoms with van der Waals surface area (Å²) in [6.07, 6.45) is 4.00. The van der Waals surface area contributed by atoms with E-state index in [9.17, 15) is 9.59 Å². The third kappa shape index (κ3) is 4.77. The normalized spacial score (nSPS) is 17.1. The van der Waals surface area contributed by atoms with Gasteiger partial charge in [-0.05, 0) is 56.6 Å². The number of rotatable bonds is 6. The first kappa shape index (κ1) is 19.2. The summed E-state index contributed by atoms with van der Waals surface area (Å²) in [6, 6.07) is 11.0. The molecular weight excluding hydrogens is 342 g/mol. The number of amides is 2. The fourth-order valence-corrected chi connectivity index (χ4v) is 3.51. The topological polar surface area (TPSA) is 65.8 Å². The average Bonchev–Trinajstić information content (AvgIpc) is 3.21. The van der Waals surface area contributed by atoms with Crippen LogP contribution in [0.3, 0.4) is 0 Å². The maximum atomic E-state index is 12.8. The van der Waals surface area contributed by atoms with Gasteiger partial charge in [-0.15, -0.1) is 0 Å². The molecule has 1 fully saturated rings. The molecule has 2 heterocycles. The van der Waals surface area contributed by atoms with E-state index in [-0.39, 0.29) is 17.6 Å². The molecule has 1 aromatic heterocycles. The number of carbonyl (C=O) groups excluding carboxylic acids is 2. The molecule has 0 radical (unpaired) electrons. The van der Waals surface area contributed by atoms with Gasteiger partial charge in [0, 0.05) is 19.6 Å². The predicted molar refractivity (Wildman–Crippen MR) is 103 cm³/mol. The molecule has 3 rings (SSSR count). The van der Waals surface area contributed by atoms with Gasteiger partial charge in [0.15, 0.2) is 5.76 Å². The molecule has 1 aliphatic heterocycles. The number of nitrogens with zero attached hydrogens (tertiary/aromatic N) is 2. The Labute approximate surface area is 160 Å². The summed E-state index contributed by atoms with van der Waals surface area (Å²) < 4.78 is 5.23. The molecule has 1 N–H and O–H groups in total. The third-order valence-corrected chi connectivity index (χ3v) is 4.86. The molecule has 0 spiro atoms. The maximum absolute atomic E-state index is 12.8. The highest BCUT2D eigenvalue weighted by Gasteiger charge is 2.33. The lowest BCUT2D eigenvalue weighted by Gasteiger charge is -2.34. The summed E-state index contributed by atoms with van der Waals surface area (Å²) in [5, 5.41) is 3.03. The first-order chi connectivity index (χ1) is 13.1. The van der Waals surface area contributed by atoms with E-state index in [1.165, 1.54) is 11.8 Å². The molecule has 6 heteroatoms. The Morgan fingerprint density at radius 1 is 1.15 bits per heavy atom. The summed E-state index contributed by atoms with van der Waals surface area (Å²) in [5.74, 6) is -0.0341. The van der Waals surface area contributed by atoms with Crippen LogP contribution in [0.2, 0.25) is 0 Å². The van der Waals surface area contributed by atoms with E-state index in [0.29, 0.717) is 19.5 Å². The van der Waals surface area contributed by atoms with Crippen LogP contribution < -0.4 is 5.32 Å². The van der Waals surface area contributed by atoms with Gasteiger partial charge in [0.25, 0.3) is 5.91 Å². The van der Waals surface area contributed by atoms with Gasteiger partial charge in [0.1, 0.15) is 6.04 Å². The van der Waals surface area contributed by atoms with Crippen LogP contribution in [0, 0.1) is 0 Å². The Morgan fingerprint density at radius 3 is 2.63 bits per heavy atom. The number of hydrogen-bond donors (Lipinski definition) is 1. The molecule has 27 heavy (non-hydrogen) atoms. The molecule has 0 aliphatic carbocycles. The minimum Gasteiger partial charge on any atom is -0.459 e. The number of hydrogen-bond acceptors (Lipinski definition) is 4. The van der Waals surface area contributed by atoms with Gasteiger partial charge in [-0.2, -0.15) is 0 Å². The van der Waals surface area contributed by atoms with Crippen molar-refractivity contribution in [3.8, 4) is 0 Å². The van der Waals surface area contributed by atoms with Crippen molar-refractivity contribution in [1.82, 2.24) is 15.1 Å². The molecular formula is C21H27N3O3. The molecule has 0 saturated carbocycles. The first-order valence-corrected chi connectivity index (χ1v) is 9.40. The van der Waals surface area contributed by atoms with E-state index in [4.69, 9.17) is 4.42 Å². The van der Waals surface area contributed by atoms with Crippen LogP contribution in [0.15, 0.2) is 47.1 Å². The van der Waals surface area contributed by atoms with Crippen LogP contribution in [0.25, 0.3) is 0 Å². The minimum atomic E-state index is -0.447. The lowest BCUT2D eigenvalue weighted by Crippen LogP contribution is -2.51. The molecule has 1 aromatic carbocycles. The Morgan fingerprint density at radius 2 is 1.93 bits per heavy atom. The van der Waals surface area contributed by atoms with Gasteiger partial charge in [-0.1, -0.05) is 24.3 Å². The van der Waals surface area contributed by atoms with E-state index >= 15 is 0 Å². The predicted octanol–water partition coefficient (Wildman–Crippen LogP) is 2.65. The molecule has 144 valence electrons. The van der Waals surface area contributed by atoms with Gasteiger partial charge < -0.3 is 19.5 Å². The molecule has 1 aliphatic rings. The van der Waals surface area contributed by atoms with Gasteiger partial charge >= 0.3 is 0 Å². The number of furan rings is 1. The summed E-state index contributed by atoms with van der Waals surface area (Å²) in [6.45, 7) is 1.86. The van der Waals surface area contributed by atoms with Gasteiger partial charge in [0.2, 0.25) is 5.91 Å². The Bertz CT molecular complexity index is 771. The zero-order valence-electron chi connectivity index (χ0n) is 16.0.